The monoisotopic (exact) mass is 301 g/mol. The fourth-order valence-corrected chi connectivity index (χ4v) is 3.81. The maximum atomic E-state index is 12.2. The van der Waals surface area contributed by atoms with Crippen LogP contribution in [0.15, 0.2) is 24.5 Å². The normalized spacial score (nSPS) is 17.6. The molecule has 1 atom stereocenters. The van der Waals surface area contributed by atoms with Crippen molar-refractivity contribution in [3.8, 4) is 10.6 Å². The minimum Gasteiger partial charge on any atom is -0.354 e. The van der Waals surface area contributed by atoms with Gasteiger partial charge in [0.2, 0.25) is 5.91 Å². The summed E-state index contributed by atoms with van der Waals surface area (Å²) >= 11 is 1.71. The van der Waals surface area contributed by atoms with E-state index < -0.39 is 0 Å². The first-order chi connectivity index (χ1) is 10.1. The number of hydrogen-bond acceptors (Lipinski definition) is 4. The van der Waals surface area contributed by atoms with Gasteiger partial charge in [-0.3, -0.25) is 9.78 Å². The summed E-state index contributed by atoms with van der Waals surface area (Å²) in [4.78, 5) is 22.2. The Morgan fingerprint density at radius 3 is 2.86 bits per heavy atom. The van der Waals surface area contributed by atoms with Crippen molar-refractivity contribution in [2.45, 2.75) is 39.2 Å². The van der Waals surface area contributed by atoms with Gasteiger partial charge < -0.3 is 5.32 Å². The zero-order chi connectivity index (χ0) is 14.8. The van der Waals surface area contributed by atoms with E-state index >= 15 is 0 Å². The molecule has 1 amide bonds. The smallest absolute Gasteiger partial charge is 0.223 e. The molecule has 2 heterocycles. The molecule has 110 valence electrons. The third-order valence-corrected chi connectivity index (χ3v) is 4.84. The number of fused-ring (bicyclic) bond motifs is 1. The number of carbonyl (C=O) groups is 1. The number of nitrogens with one attached hydrogen (secondary N) is 1. The molecule has 0 spiro atoms. The Labute approximate surface area is 128 Å². The highest BCUT2D eigenvalue weighted by Crippen LogP contribution is 2.34. The molecule has 5 heteroatoms. The molecule has 4 nitrogen and oxygen atoms in total. The van der Waals surface area contributed by atoms with E-state index in [1.165, 1.54) is 10.6 Å². The summed E-state index contributed by atoms with van der Waals surface area (Å²) in [6.45, 7) is 4.00. The molecule has 1 N–H and O–H groups in total. The first-order valence-corrected chi connectivity index (χ1v) is 8.14. The lowest BCUT2D eigenvalue weighted by Crippen LogP contribution is -2.37. The van der Waals surface area contributed by atoms with Gasteiger partial charge in [-0.15, -0.1) is 11.3 Å². The Kier molecular flexibility index (Phi) is 4.01. The third-order valence-electron chi connectivity index (χ3n) is 3.67. The Morgan fingerprint density at radius 2 is 2.14 bits per heavy atom. The van der Waals surface area contributed by atoms with E-state index in [2.05, 4.69) is 10.3 Å². The van der Waals surface area contributed by atoms with Crippen LogP contribution in [-0.2, 0) is 17.6 Å². The van der Waals surface area contributed by atoms with Crippen molar-refractivity contribution in [1.29, 1.82) is 0 Å². The molecule has 21 heavy (non-hydrogen) atoms. The van der Waals surface area contributed by atoms with Gasteiger partial charge in [0, 0.05) is 34.8 Å². The Hall–Kier alpha value is -1.75. The summed E-state index contributed by atoms with van der Waals surface area (Å²) in [6, 6.07) is 4.16. The summed E-state index contributed by atoms with van der Waals surface area (Å²) < 4.78 is 0. The van der Waals surface area contributed by atoms with E-state index in [4.69, 9.17) is 4.98 Å². The van der Waals surface area contributed by atoms with Gasteiger partial charge in [0.1, 0.15) is 5.01 Å². The van der Waals surface area contributed by atoms with Crippen molar-refractivity contribution in [1.82, 2.24) is 15.3 Å². The molecule has 0 bridgehead atoms. The molecule has 2 aromatic heterocycles. The first-order valence-electron chi connectivity index (χ1n) is 7.33. The number of pyridine rings is 1. The highest BCUT2D eigenvalue weighted by molar-refractivity contribution is 7.15. The quantitative estimate of drug-likeness (QED) is 0.948. The summed E-state index contributed by atoms with van der Waals surface area (Å²) in [5.41, 5.74) is 2.27. The number of aryl methyl sites for hydroxylation is 1. The number of hydrogen-bond donors (Lipinski definition) is 1. The minimum atomic E-state index is 0.0886. The van der Waals surface area contributed by atoms with Crippen LogP contribution in [0.5, 0.6) is 0 Å². The average molecular weight is 301 g/mol. The number of thiazole rings is 1. The van der Waals surface area contributed by atoms with Crippen LogP contribution in [0.3, 0.4) is 0 Å². The molecule has 0 fully saturated rings. The summed E-state index contributed by atoms with van der Waals surface area (Å²) in [6.07, 6.45) is 6.18. The van der Waals surface area contributed by atoms with E-state index in [-0.39, 0.29) is 17.9 Å². The molecular weight excluding hydrogens is 282 g/mol. The second-order valence-corrected chi connectivity index (χ2v) is 6.81. The van der Waals surface area contributed by atoms with Crippen LogP contribution >= 0.6 is 11.3 Å². The van der Waals surface area contributed by atoms with Gasteiger partial charge in [-0.2, -0.15) is 0 Å². The highest BCUT2D eigenvalue weighted by atomic mass is 32.1. The molecule has 2 aromatic rings. The molecule has 0 radical (unpaired) electrons. The summed E-state index contributed by atoms with van der Waals surface area (Å²) in [5.74, 6) is 0.264. The van der Waals surface area contributed by atoms with Crippen LogP contribution in [0.2, 0.25) is 0 Å². The van der Waals surface area contributed by atoms with Gasteiger partial charge in [0.25, 0.3) is 0 Å². The molecule has 0 saturated carbocycles. The number of rotatable bonds is 3. The fourth-order valence-electron chi connectivity index (χ4n) is 2.62. The SMILES string of the molecule is CC(C)NC(=O)C1CCc2nc(-c3ccncc3)sc2C1. The lowest BCUT2D eigenvalue weighted by atomic mass is 9.90. The first kappa shape index (κ1) is 14.2. The molecule has 1 aliphatic carbocycles. The number of aromatic nitrogens is 2. The Balaban J connectivity index is 1.78. The zero-order valence-electron chi connectivity index (χ0n) is 12.3. The maximum Gasteiger partial charge on any atom is 0.223 e. The average Bonchev–Trinajstić information content (AvgIpc) is 2.90. The van der Waals surface area contributed by atoms with E-state index in [0.29, 0.717) is 0 Å². The highest BCUT2D eigenvalue weighted by Gasteiger charge is 2.27. The topological polar surface area (TPSA) is 54.9 Å². The summed E-state index contributed by atoms with van der Waals surface area (Å²) in [5, 5.41) is 4.05. The predicted octanol–water partition coefficient (Wildman–Crippen LogP) is 2.83. The van der Waals surface area contributed by atoms with Crippen molar-refractivity contribution in [2.24, 2.45) is 5.92 Å². The molecule has 0 saturated heterocycles. The van der Waals surface area contributed by atoms with Crippen LogP contribution in [0.1, 0.15) is 30.8 Å². The molecule has 0 aromatic carbocycles. The Morgan fingerprint density at radius 1 is 1.38 bits per heavy atom. The summed E-state index contributed by atoms with van der Waals surface area (Å²) in [7, 11) is 0. The maximum absolute atomic E-state index is 12.2. The fraction of sp³-hybridized carbons (Fsp3) is 0.438. The van der Waals surface area contributed by atoms with Crippen LogP contribution < -0.4 is 5.32 Å². The largest absolute Gasteiger partial charge is 0.354 e. The van der Waals surface area contributed by atoms with Crippen molar-refractivity contribution in [2.75, 3.05) is 0 Å². The molecule has 0 aliphatic heterocycles. The van der Waals surface area contributed by atoms with Gasteiger partial charge in [0.05, 0.1) is 5.69 Å². The van der Waals surface area contributed by atoms with Gasteiger partial charge >= 0.3 is 0 Å². The number of amides is 1. The number of carbonyl (C=O) groups excluding carboxylic acids is 1. The zero-order valence-corrected chi connectivity index (χ0v) is 13.1. The van der Waals surface area contributed by atoms with Crippen molar-refractivity contribution in [3.63, 3.8) is 0 Å². The van der Waals surface area contributed by atoms with Crippen LogP contribution in [0.25, 0.3) is 10.6 Å². The van der Waals surface area contributed by atoms with Crippen LogP contribution in [0, 0.1) is 5.92 Å². The van der Waals surface area contributed by atoms with Crippen molar-refractivity contribution < 1.29 is 4.79 Å². The molecule has 3 rings (SSSR count). The van der Waals surface area contributed by atoms with E-state index in [9.17, 15) is 4.79 Å². The lowest BCUT2D eigenvalue weighted by molar-refractivity contribution is -0.125. The number of nitrogens with zero attached hydrogens (tertiary/aromatic N) is 2. The Bertz CT molecular complexity index is 636. The van der Waals surface area contributed by atoms with Crippen LogP contribution in [-0.4, -0.2) is 21.9 Å². The van der Waals surface area contributed by atoms with E-state index in [1.807, 2.05) is 26.0 Å². The predicted molar refractivity (Wildman–Crippen MR) is 84.1 cm³/mol. The minimum absolute atomic E-state index is 0.0886. The van der Waals surface area contributed by atoms with Gasteiger partial charge in [-0.05, 0) is 45.2 Å². The molecule has 1 unspecified atom stereocenters. The lowest BCUT2D eigenvalue weighted by Gasteiger charge is -2.21. The molecule has 1 aliphatic rings. The van der Waals surface area contributed by atoms with E-state index in [0.717, 1.165) is 29.8 Å². The second kappa shape index (κ2) is 5.93. The van der Waals surface area contributed by atoms with Crippen molar-refractivity contribution >= 4 is 17.2 Å². The van der Waals surface area contributed by atoms with Gasteiger partial charge in [-0.1, -0.05) is 0 Å². The van der Waals surface area contributed by atoms with Gasteiger partial charge in [0.15, 0.2) is 0 Å². The van der Waals surface area contributed by atoms with E-state index in [1.54, 1.807) is 23.7 Å². The molecular formula is C16H19N3OS. The standard InChI is InChI=1S/C16H19N3OS/c1-10(2)18-15(20)12-3-4-13-14(9-12)21-16(19-13)11-5-7-17-8-6-11/h5-8,10,12H,3-4,9H2,1-2H3,(H,18,20). The van der Waals surface area contributed by atoms with Crippen molar-refractivity contribution in [3.05, 3.63) is 35.1 Å². The van der Waals surface area contributed by atoms with Gasteiger partial charge in [-0.25, -0.2) is 4.98 Å². The second-order valence-electron chi connectivity index (χ2n) is 5.73. The third kappa shape index (κ3) is 3.13. The van der Waals surface area contributed by atoms with Crippen LogP contribution in [0.4, 0.5) is 0 Å².